The van der Waals surface area contributed by atoms with E-state index in [-0.39, 0.29) is 22.6 Å². The smallest absolute Gasteiger partial charge is 0.292 e. The van der Waals surface area contributed by atoms with Crippen molar-refractivity contribution in [1.29, 1.82) is 0 Å². The molecule has 0 radical (unpaired) electrons. The van der Waals surface area contributed by atoms with Crippen LogP contribution in [-0.4, -0.2) is 90.5 Å². The SMILES string of the molecule is CCN1CCN(C(=O)C(C)N2CCN(c3ccccc3[N+](=O)[O-])CC2)CC1. The zero-order chi connectivity index (χ0) is 19.4. The van der Waals surface area contributed by atoms with Crippen molar-refractivity contribution in [3.8, 4) is 0 Å². The van der Waals surface area contributed by atoms with Gasteiger partial charge in [-0.15, -0.1) is 0 Å². The highest BCUT2D eigenvalue weighted by Crippen LogP contribution is 2.28. The van der Waals surface area contributed by atoms with Crippen molar-refractivity contribution in [2.75, 3.05) is 63.8 Å². The second-order valence-corrected chi connectivity index (χ2v) is 7.20. The fraction of sp³-hybridized carbons (Fsp3) is 0.632. The first-order valence-corrected chi connectivity index (χ1v) is 9.74. The summed E-state index contributed by atoms with van der Waals surface area (Å²) in [6.07, 6.45) is 0. The summed E-state index contributed by atoms with van der Waals surface area (Å²) in [6, 6.07) is 6.72. The van der Waals surface area contributed by atoms with Crippen LogP contribution in [0.4, 0.5) is 11.4 Å². The Hall–Kier alpha value is -2.19. The molecule has 2 aliphatic heterocycles. The van der Waals surface area contributed by atoms with Gasteiger partial charge in [0.1, 0.15) is 5.69 Å². The molecule has 27 heavy (non-hydrogen) atoms. The first kappa shape index (κ1) is 19.6. The molecule has 8 nitrogen and oxygen atoms in total. The minimum Gasteiger partial charge on any atom is -0.363 e. The molecule has 2 aliphatic rings. The summed E-state index contributed by atoms with van der Waals surface area (Å²) in [5.74, 6) is 0.199. The van der Waals surface area contributed by atoms with E-state index in [4.69, 9.17) is 0 Å². The van der Waals surface area contributed by atoms with Crippen molar-refractivity contribution >= 4 is 17.3 Å². The number of rotatable bonds is 5. The number of benzene rings is 1. The molecule has 1 amide bonds. The van der Waals surface area contributed by atoms with Gasteiger partial charge in [0, 0.05) is 58.4 Å². The Bertz CT molecular complexity index is 667. The molecule has 3 rings (SSSR count). The number of nitro groups is 1. The average molecular weight is 375 g/mol. The summed E-state index contributed by atoms with van der Waals surface area (Å²) in [5.41, 5.74) is 0.806. The van der Waals surface area contributed by atoms with Crippen LogP contribution in [0.1, 0.15) is 13.8 Å². The minimum absolute atomic E-state index is 0.142. The standard InChI is InChI=1S/C19H29N5O3/c1-3-20-8-10-23(11-9-20)19(25)16(2)21-12-14-22(15-13-21)17-6-4-5-7-18(17)24(26)27/h4-7,16H,3,8-15H2,1-2H3. The summed E-state index contributed by atoms with van der Waals surface area (Å²) < 4.78 is 0. The van der Waals surface area contributed by atoms with Gasteiger partial charge in [-0.05, 0) is 19.5 Å². The highest BCUT2D eigenvalue weighted by molar-refractivity contribution is 5.81. The van der Waals surface area contributed by atoms with E-state index in [1.807, 2.05) is 22.8 Å². The number of likely N-dealkylation sites (N-methyl/N-ethyl adjacent to an activating group) is 1. The number of hydrogen-bond acceptors (Lipinski definition) is 6. The van der Waals surface area contributed by atoms with Crippen LogP contribution in [0.25, 0.3) is 0 Å². The Balaban J connectivity index is 1.56. The van der Waals surface area contributed by atoms with Crippen LogP contribution in [0, 0.1) is 10.1 Å². The molecule has 2 saturated heterocycles. The van der Waals surface area contributed by atoms with Crippen molar-refractivity contribution in [3.05, 3.63) is 34.4 Å². The van der Waals surface area contributed by atoms with Crippen LogP contribution in [0.3, 0.4) is 0 Å². The molecule has 0 aromatic heterocycles. The van der Waals surface area contributed by atoms with E-state index in [1.165, 1.54) is 0 Å². The molecule has 148 valence electrons. The molecule has 1 atom stereocenters. The van der Waals surface area contributed by atoms with Crippen LogP contribution in [-0.2, 0) is 4.79 Å². The maximum absolute atomic E-state index is 12.9. The molecular formula is C19H29N5O3. The van der Waals surface area contributed by atoms with E-state index in [0.29, 0.717) is 18.8 Å². The second-order valence-electron chi connectivity index (χ2n) is 7.20. The number of piperazine rings is 2. The summed E-state index contributed by atoms with van der Waals surface area (Å²) in [7, 11) is 0. The zero-order valence-corrected chi connectivity index (χ0v) is 16.2. The van der Waals surface area contributed by atoms with Gasteiger partial charge in [-0.3, -0.25) is 19.8 Å². The Kier molecular flexibility index (Phi) is 6.28. The van der Waals surface area contributed by atoms with Crippen molar-refractivity contribution in [2.45, 2.75) is 19.9 Å². The van der Waals surface area contributed by atoms with Crippen LogP contribution in [0.5, 0.6) is 0 Å². The second kappa shape index (κ2) is 8.67. The van der Waals surface area contributed by atoms with Gasteiger partial charge in [-0.1, -0.05) is 19.1 Å². The maximum atomic E-state index is 12.9. The topological polar surface area (TPSA) is 73.2 Å². The maximum Gasteiger partial charge on any atom is 0.292 e. The fourth-order valence-electron chi connectivity index (χ4n) is 3.94. The van der Waals surface area contributed by atoms with Crippen LogP contribution >= 0.6 is 0 Å². The summed E-state index contributed by atoms with van der Waals surface area (Å²) in [4.78, 5) is 32.4. The molecule has 1 unspecified atom stereocenters. The lowest BCUT2D eigenvalue weighted by molar-refractivity contribution is -0.384. The van der Waals surface area contributed by atoms with Gasteiger partial charge in [0.15, 0.2) is 0 Å². The summed E-state index contributed by atoms with van der Waals surface area (Å²) in [6.45, 7) is 11.5. The summed E-state index contributed by atoms with van der Waals surface area (Å²) in [5, 5.41) is 11.3. The Morgan fingerprint density at radius 2 is 1.70 bits per heavy atom. The van der Waals surface area contributed by atoms with E-state index in [1.54, 1.807) is 18.2 Å². The molecule has 0 N–H and O–H groups in total. The third kappa shape index (κ3) is 4.39. The normalized spacial score (nSPS) is 20.5. The van der Waals surface area contributed by atoms with E-state index in [9.17, 15) is 14.9 Å². The molecule has 0 saturated carbocycles. The first-order valence-electron chi connectivity index (χ1n) is 9.74. The van der Waals surface area contributed by atoms with Gasteiger partial charge in [-0.25, -0.2) is 0 Å². The Morgan fingerprint density at radius 1 is 1.07 bits per heavy atom. The predicted molar refractivity (Wildman–Crippen MR) is 105 cm³/mol. The first-order chi connectivity index (χ1) is 13.0. The number of amides is 1. The molecule has 0 bridgehead atoms. The number of nitro benzene ring substituents is 1. The van der Waals surface area contributed by atoms with Crippen LogP contribution < -0.4 is 4.90 Å². The monoisotopic (exact) mass is 375 g/mol. The molecular weight excluding hydrogens is 346 g/mol. The van der Waals surface area contributed by atoms with E-state index in [2.05, 4.69) is 16.7 Å². The van der Waals surface area contributed by atoms with E-state index >= 15 is 0 Å². The lowest BCUT2D eigenvalue weighted by Gasteiger charge is -2.41. The lowest BCUT2D eigenvalue weighted by Crippen LogP contribution is -2.57. The largest absolute Gasteiger partial charge is 0.363 e. The number of para-hydroxylation sites is 2. The number of carbonyl (C=O) groups is 1. The number of anilines is 1. The quantitative estimate of drug-likeness (QED) is 0.570. The van der Waals surface area contributed by atoms with Gasteiger partial charge < -0.3 is 14.7 Å². The number of nitrogens with zero attached hydrogens (tertiary/aromatic N) is 5. The molecule has 1 aromatic rings. The number of hydrogen-bond donors (Lipinski definition) is 0. The van der Waals surface area contributed by atoms with Gasteiger partial charge >= 0.3 is 0 Å². The predicted octanol–water partition coefficient (Wildman–Crippen LogP) is 1.27. The third-order valence-electron chi connectivity index (χ3n) is 5.77. The molecule has 1 aromatic carbocycles. The van der Waals surface area contributed by atoms with Crippen LogP contribution in [0.2, 0.25) is 0 Å². The van der Waals surface area contributed by atoms with Gasteiger partial charge in [0.2, 0.25) is 5.91 Å². The van der Waals surface area contributed by atoms with Crippen molar-refractivity contribution < 1.29 is 9.72 Å². The van der Waals surface area contributed by atoms with Crippen molar-refractivity contribution in [3.63, 3.8) is 0 Å². The highest BCUT2D eigenvalue weighted by Gasteiger charge is 2.31. The molecule has 2 heterocycles. The number of carbonyl (C=O) groups excluding carboxylic acids is 1. The highest BCUT2D eigenvalue weighted by atomic mass is 16.6. The molecule has 0 aliphatic carbocycles. The van der Waals surface area contributed by atoms with Gasteiger partial charge in [0.05, 0.1) is 11.0 Å². The third-order valence-corrected chi connectivity index (χ3v) is 5.77. The van der Waals surface area contributed by atoms with Crippen molar-refractivity contribution in [2.24, 2.45) is 0 Å². The fourth-order valence-corrected chi connectivity index (χ4v) is 3.94. The molecule has 2 fully saturated rings. The van der Waals surface area contributed by atoms with E-state index < -0.39 is 0 Å². The minimum atomic E-state index is -0.330. The van der Waals surface area contributed by atoms with Crippen molar-refractivity contribution in [1.82, 2.24) is 14.7 Å². The lowest BCUT2D eigenvalue weighted by atomic mass is 10.1. The molecule has 8 heteroatoms. The van der Waals surface area contributed by atoms with Gasteiger partial charge in [0.25, 0.3) is 5.69 Å². The van der Waals surface area contributed by atoms with E-state index in [0.717, 1.165) is 45.8 Å². The van der Waals surface area contributed by atoms with Gasteiger partial charge in [-0.2, -0.15) is 0 Å². The zero-order valence-electron chi connectivity index (χ0n) is 16.2. The van der Waals surface area contributed by atoms with Crippen LogP contribution in [0.15, 0.2) is 24.3 Å². The molecule has 0 spiro atoms. The summed E-state index contributed by atoms with van der Waals surface area (Å²) >= 11 is 0. The average Bonchev–Trinajstić information content (AvgIpc) is 2.73. The Labute approximate surface area is 160 Å². The Morgan fingerprint density at radius 3 is 2.30 bits per heavy atom.